The maximum absolute atomic E-state index is 13.8. The summed E-state index contributed by atoms with van der Waals surface area (Å²) in [6.07, 6.45) is -0.227. The number of nitrogens with zero attached hydrogens (tertiary/aromatic N) is 3. The Morgan fingerprint density at radius 3 is 2.85 bits per heavy atom. The molecule has 0 bridgehead atoms. The summed E-state index contributed by atoms with van der Waals surface area (Å²) in [5.41, 5.74) is 2.01. The summed E-state index contributed by atoms with van der Waals surface area (Å²) >= 11 is 1.56. The first-order chi connectivity index (χ1) is 12.8. The Bertz CT molecular complexity index is 991. The highest BCUT2D eigenvalue weighted by molar-refractivity contribution is 7.17. The number of likely N-dealkylation sites (N-methyl/N-ethyl adjacent to an activating group) is 1. The predicted octanol–water partition coefficient (Wildman–Crippen LogP) is 4.12. The molecule has 0 aliphatic carbocycles. The van der Waals surface area contributed by atoms with Crippen molar-refractivity contribution < 1.29 is 13.9 Å². The van der Waals surface area contributed by atoms with Crippen molar-refractivity contribution in [1.29, 1.82) is 0 Å². The average Bonchev–Trinajstić information content (AvgIpc) is 3.04. The molecule has 1 saturated heterocycles. The van der Waals surface area contributed by atoms with Gasteiger partial charge in [0.15, 0.2) is 0 Å². The van der Waals surface area contributed by atoms with Gasteiger partial charge >= 0.3 is 0 Å². The van der Waals surface area contributed by atoms with E-state index >= 15 is 0 Å². The number of hydrogen-bond donors (Lipinski definition) is 2. The van der Waals surface area contributed by atoms with Gasteiger partial charge in [-0.1, -0.05) is 0 Å². The molecular formula is C19H20F2N4OS. The van der Waals surface area contributed by atoms with Crippen LogP contribution in [0.4, 0.5) is 14.6 Å². The van der Waals surface area contributed by atoms with E-state index in [-0.39, 0.29) is 18.7 Å². The van der Waals surface area contributed by atoms with Gasteiger partial charge < -0.3 is 10.4 Å². The van der Waals surface area contributed by atoms with Crippen molar-refractivity contribution in [2.24, 2.45) is 0 Å². The summed E-state index contributed by atoms with van der Waals surface area (Å²) in [7, 11) is 1.69. The number of halogens is 2. The first kappa shape index (κ1) is 18.1. The number of aryl methyl sites for hydroxylation is 1. The SMILES string of the molecule is Cc1cc(NC2CN(C)CC(F)(F)C2)nnc1-c1ccc2sccc2c1O. The number of aromatic nitrogens is 2. The lowest BCUT2D eigenvalue weighted by molar-refractivity contribution is -0.0611. The third-order valence-corrected chi connectivity index (χ3v) is 5.66. The van der Waals surface area contributed by atoms with Gasteiger partial charge in [-0.2, -0.15) is 0 Å². The third kappa shape index (κ3) is 3.59. The Morgan fingerprint density at radius 1 is 1.30 bits per heavy atom. The van der Waals surface area contributed by atoms with E-state index in [1.54, 1.807) is 29.4 Å². The molecule has 3 heterocycles. The van der Waals surface area contributed by atoms with E-state index in [1.165, 1.54) is 0 Å². The fraction of sp³-hybridized carbons (Fsp3) is 0.368. The minimum Gasteiger partial charge on any atom is -0.507 e. The van der Waals surface area contributed by atoms with Crippen molar-refractivity contribution in [3.05, 3.63) is 35.2 Å². The highest BCUT2D eigenvalue weighted by atomic mass is 32.1. The quantitative estimate of drug-likeness (QED) is 0.704. The molecule has 1 unspecified atom stereocenters. The summed E-state index contributed by atoms with van der Waals surface area (Å²) in [4.78, 5) is 1.62. The topological polar surface area (TPSA) is 61.3 Å². The van der Waals surface area contributed by atoms with Gasteiger partial charge in [0.2, 0.25) is 0 Å². The van der Waals surface area contributed by atoms with Crippen LogP contribution in [0.25, 0.3) is 21.3 Å². The number of phenolic OH excluding ortho intramolecular Hbond substituents is 1. The fourth-order valence-electron chi connectivity index (χ4n) is 3.67. The first-order valence-corrected chi connectivity index (χ1v) is 9.57. The molecule has 0 spiro atoms. The van der Waals surface area contributed by atoms with E-state index in [2.05, 4.69) is 15.5 Å². The summed E-state index contributed by atoms with van der Waals surface area (Å²) < 4.78 is 28.5. The van der Waals surface area contributed by atoms with Crippen LogP contribution in [0.2, 0.25) is 0 Å². The Morgan fingerprint density at radius 2 is 2.11 bits per heavy atom. The fourth-order valence-corrected chi connectivity index (χ4v) is 4.46. The monoisotopic (exact) mass is 390 g/mol. The van der Waals surface area contributed by atoms with Crippen molar-refractivity contribution in [2.45, 2.75) is 25.3 Å². The number of fused-ring (bicyclic) bond motifs is 1. The van der Waals surface area contributed by atoms with Gasteiger partial charge in [-0.05, 0) is 49.2 Å². The van der Waals surface area contributed by atoms with Crippen molar-refractivity contribution >= 4 is 27.2 Å². The second-order valence-corrected chi connectivity index (χ2v) is 8.10. The van der Waals surface area contributed by atoms with Gasteiger partial charge in [-0.15, -0.1) is 21.5 Å². The maximum atomic E-state index is 13.8. The Hall–Kier alpha value is -2.32. The number of nitrogens with one attached hydrogen (secondary N) is 1. The highest BCUT2D eigenvalue weighted by Gasteiger charge is 2.39. The molecule has 27 heavy (non-hydrogen) atoms. The number of hydrogen-bond acceptors (Lipinski definition) is 6. The molecule has 2 N–H and O–H groups in total. The van der Waals surface area contributed by atoms with Crippen LogP contribution in [-0.2, 0) is 0 Å². The Balaban J connectivity index is 1.60. The number of likely N-dealkylation sites (tertiary alicyclic amines) is 1. The highest BCUT2D eigenvalue weighted by Crippen LogP contribution is 2.38. The number of anilines is 1. The Kier molecular flexibility index (Phi) is 4.47. The van der Waals surface area contributed by atoms with Crippen molar-refractivity contribution in [3.8, 4) is 17.0 Å². The van der Waals surface area contributed by atoms with Crippen molar-refractivity contribution in [1.82, 2.24) is 15.1 Å². The molecular weight excluding hydrogens is 370 g/mol. The van der Waals surface area contributed by atoms with Gasteiger partial charge in [0, 0.05) is 34.7 Å². The molecule has 1 aliphatic heterocycles. The van der Waals surface area contributed by atoms with Gasteiger partial charge in [0.25, 0.3) is 5.92 Å². The van der Waals surface area contributed by atoms with E-state index < -0.39 is 12.0 Å². The summed E-state index contributed by atoms with van der Waals surface area (Å²) in [5.74, 6) is -2.07. The average molecular weight is 390 g/mol. The molecule has 0 amide bonds. The van der Waals surface area contributed by atoms with E-state index in [0.29, 0.717) is 23.6 Å². The Labute approximate surface area is 159 Å². The molecule has 3 aromatic rings. The van der Waals surface area contributed by atoms with Gasteiger partial charge in [-0.25, -0.2) is 8.78 Å². The molecule has 0 saturated carbocycles. The smallest absolute Gasteiger partial charge is 0.262 e. The number of phenols is 1. The summed E-state index contributed by atoms with van der Waals surface area (Å²) in [6, 6.07) is 7.04. The lowest BCUT2D eigenvalue weighted by Gasteiger charge is -2.35. The molecule has 1 fully saturated rings. The molecule has 2 aromatic heterocycles. The first-order valence-electron chi connectivity index (χ1n) is 8.69. The number of aromatic hydroxyl groups is 1. The normalized spacial score (nSPS) is 20.1. The number of piperidine rings is 1. The second-order valence-electron chi connectivity index (χ2n) is 7.15. The minimum absolute atomic E-state index is 0.181. The zero-order valence-corrected chi connectivity index (χ0v) is 15.9. The zero-order chi connectivity index (χ0) is 19.2. The largest absolute Gasteiger partial charge is 0.507 e. The van der Waals surface area contributed by atoms with Gasteiger partial charge in [0.1, 0.15) is 11.6 Å². The van der Waals surface area contributed by atoms with E-state index in [9.17, 15) is 13.9 Å². The van der Waals surface area contributed by atoms with Crippen LogP contribution in [0.15, 0.2) is 29.6 Å². The van der Waals surface area contributed by atoms with Gasteiger partial charge in [-0.3, -0.25) is 4.90 Å². The van der Waals surface area contributed by atoms with Crippen LogP contribution in [0.5, 0.6) is 5.75 Å². The number of benzene rings is 1. The van der Waals surface area contributed by atoms with Crippen LogP contribution >= 0.6 is 11.3 Å². The van der Waals surface area contributed by atoms with E-state index in [4.69, 9.17) is 0 Å². The molecule has 0 radical (unpaired) electrons. The molecule has 1 atom stereocenters. The molecule has 142 valence electrons. The van der Waals surface area contributed by atoms with Crippen molar-refractivity contribution in [3.63, 3.8) is 0 Å². The standard InChI is InChI=1S/C19H20F2N4OS/c1-11-7-16(22-12-8-19(20,21)10-25(2)9-12)23-24-17(11)14-3-4-15-13(18(14)26)5-6-27-15/h3-7,12,26H,8-10H2,1-2H3,(H,22,23). The molecule has 4 rings (SSSR count). The predicted molar refractivity (Wildman–Crippen MR) is 104 cm³/mol. The lowest BCUT2D eigenvalue weighted by Crippen LogP contribution is -2.50. The van der Waals surface area contributed by atoms with E-state index in [1.807, 2.05) is 30.5 Å². The number of thiophene rings is 1. The summed E-state index contributed by atoms with van der Waals surface area (Å²) in [5, 5.41) is 24.8. The minimum atomic E-state index is -2.71. The lowest BCUT2D eigenvalue weighted by atomic mass is 10.0. The van der Waals surface area contributed by atoms with E-state index in [0.717, 1.165) is 15.6 Å². The molecule has 8 heteroatoms. The maximum Gasteiger partial charge on any atom is 0.262 e. The van der Waals surface area contributed by atoms with Crippen LogP contribution in [0, 0.1) is 6.92 Å². The van der Waals surface area contributed by atoms with Crippen LogP contribution < -0.4 is 5.32 Å². The second kappa shape index (κ2) is 6.69. The number of rotatable bonds is 3. The molecule has 5 nitrogen and oxygen atoms in total. The van der Waals surface area contributed by atoms with Crippen molar-refractivity contribution in [2.75, 3.05) is 25.5 Å². The number of alkyl halides is 2. The van der Waals surface area contributed by atoms with Crippen LogP contribution in [-0.4, -0.2) is 52.3 Å². The van der Waals surface area contributed by atoms with Crippen LogP contribution in [0.3, 0.4) is 0 Å². The molecule has 1 aromatic carbocycles. The molecule has 1 aliphatic rings. The summed E-state index contributed by atoms with van der Waals surface area (Å²) in [6.45, 7) is 2.17. The zero-order valence-electron chi connectivity index (χ0n) is 15.0. The van der Waals surface area contributed by atoms with Crippen LogP contribution in [0.1, 0.15) is 12.0 Å². The third-order valence-electron chi connectivity index (χ3n) is 4.78. The van der Waals surface area contributed by atoms with Gasteiger partial charge in [0.05, 0.1) is 12.2 Å².